The molecule has 0 saturated carbocycles. The van der Waals surface area contributed by atoms with Crippen molar-refractivity contribution in [2.45, 2.75) is 31.3 Å². The maximum atomic E-state index is 13.3. The Labute approximate surface area is 190 Å². The molecule has 1 fully saturated rings. The third-order valence-corrected chi connectivity index (χ3v) is 7.20. The summed E-state index contributed by atoms with van der Waals surface area (Å²) in [6, 6.07) is 18.7. The number of benzene rings is 2. The van der Waals surface area contributed by atoms with Gasteiger partial charge in [-0.05, 0) is 47.9 Å². The normalized spacial score (nSPS) is 20.3. The first-order valence-corrected chi connectivity index (χ1v) is 11.5. The number of rotatable bonds is 5. The van der Waals surface area contributed by atoms with Crippen LogP contribution in [0.5, 0.6) is 0 Å². The number of nitrogens with one attached hydrogen (secondary N) is 2. The van der Waals surface area contributed by atoms with Crippen molar-refractivity contribution >= 4 is 29.2 Å². The van der Waals surface area contributed by atoms with Crippen molar-refractivity contribution in [3.63, 3.8) is 0 Å². The lowest BCUT2D eigenvalue weighted by Crippen LogP contribution is -2.44. The van der Waals surface area contributed by atoms with Crippen LogP contribution in [0.2, 0.25) is 0 Å². The molecule has 0 bridgehead atoms. The van der Waals surface area contributed by atoms with Crippen molar-refractivity contribution in [1.82, 2.24) is 15.5 Å². The number of amides is 4. The van der Waals surface area contributed by atoms with Gasteiger partial charge in [-0.2, -0.15) is 0 Å². The average Bonchev–Trinajstić information content (AvgIpc) is 3.50. The Balaban J connectivity index is 1.36. The summed E-state index contributed by atoms with van der Waals surface area (Å²) in [5, 5.41) is 7.85. The molecule has 3 aromatic rings. The summed E-state index contributed by atoms with van der Waals surface area (Å²) in [6.07, 6.45) is 1.23. The molecule has 1 aliphatic carbocycles. The van der Waals surface area contributed by atoms with E-state index in [1.807, 2.05) is 73.0 Å². The molecule has 7 heteroatoms. The number of fused-ring (bicyclic) bond motifs is 2. The SMILES string of the molecule is Cc1ccc([C@H](NC(=O)CN2C(=O)N[C@]3(CCc4ccccc43)C2=O)c2cccs2)cc1. The topological polar surface area (TPSA) is 78.5 Å². The second-order valence-electron chi connectivity index (χ2n) is 8.31. The lowest BCUT2D eigenvalue weighted by molar-refractivity contribution is -0.135. The third kappa shape index (κ3) is 3.39. The molecule has 2 N–H and O–H groups in total. The Morgan fingerprint density at radius 3 is 2.66 bits per heavy atom. The van der Waals surface area contributed by atoms with E-state index >= 15 is 0 Å². The number of carbonyl (C=O) groups excluding carboxylic acids is 3. The predicted molar refractivity (Wildman–Crippen MR) is 122 cm³/mol. The first-order chi connectivity index (χ1) is 15.5. The number of urea groups is 1. The van der Waals surface area contributed by atoms with E-state index in [0.717, 1.165) is 38.5 Å². The number of nitrogens with zero attached hydrogens (tertiary/aromatic N) is 1. The van der Waals surface area contributed by atoms with Crippen molar-refractivity contribution in [3.05, 3.63) is 93.2 Å². The molecule has 1 aromatic heterocycles. The number of hydrogen-bond acceptors (Lipinski definition) is 4. The molecule has 1 saturated heterocycles. The molecule has 2 atom stereocenters. The first-order valence-electron chi connectivity index (χ1n) is 10.6. The number of hydrogen-bond donors (Lipinski definition) is 2. The minimum absolute atomic E-state index is 0.317. The highest BCUT2D eigenvalue weighted by Crippen LogP contribution is 2.41. The van der Waals surface area contributed by atoms with E-state index in [4.69, 9.17) is 0 Å². The van der Waals surface area contributed by atoms with E-state index in [0.29, 0.717) is 6.42 Å². The summed E-state index contributed by atoms with van der Waals surface area (Å²) in [4.78, 5) is 41.1. The van der Waals surface area contributed by atoms with Gasteiger partial charge in [0.1, 0.15) is 12.1 Å². The maximum Gasteiger partial charge on any atom is 0.325 e. The molecule has 0 radical (unpaired) electrons. The van der Waals surface area contributed by atoms with Gasteiger partial charge in [-0.25, -0.2) is 4.79 Å². The summed E-state index contributed by atoms with van der Waals surface area (Å²) in [7, 11) is 0. The van der Waals surface area contributed by atoms with Crippen molar-refractivity contribution in [3.8, 4) is 0 Å². The van der Waals surface area contributed by atoms with Crippen LogP contribution in [-0.4, -0.2) is 29.3 Å². The van der Waals surface area contributed by atoms with E-state index in [2.05, 4.69) is 10.6 Å². The largest absolute Gasteiger partial charge is 0.343 e. The van der Waals surface area contributed by atoms with Gasteiger partial charge in [-0.3, -0.25) is 14.5 Å². The van der Waals surface area contributed by atoms with Gasteiger partial charge in [0.05, 0.1) is 6.04 Å². The third-order valence-electron chi connectivity index (χ3n) is 6.27. The van der Waals surface area contributed by atoms with E-state index in [-0.39, 0.29) is 24.4 Å². The van der Waals surface area contributed by atoms with Crippen LogP contribution in [0.3, 0.4) is 0 Å². The quantitative estimate of drug-likeness (QED) is 0.589. The van der Waals surface area contributed by atoms with E-state index in [1.165, 1.54) is 0 Å². The zero-order chi connectivity index (χ0) is 22.3. The molecule has 5 rings (SSSR count). The van der Waals surface area contributed by atoms with Crippen LogP contribution < -0.4 is 10.6 Å². The van der Waals surface area contributed by atoms with Gasteiger partial charge in [0.15, 0.2) is 0 Å². The highest BCUT2D eigenvalue weighted by Gasteiger charge is 2.55. The van der Waals surface area contributed by atoms with E-state index in [9.17, 15) is 14.4 Å². The van der Waals surface area contributed by atoms with Crippen molar-refractivity contribution in [2.75, 3.05) is 6.54 Å². The Hall–Kier alpha value is -3.45. The summed E-state index contributed by atoms with van der Waals surface area (Å²) < 4.78 is 0. The summed E-state index contributed by atoms with van der Waals surface area (Å²) >= 11 is 1.55. The van der Waals surface area contributed by atoms with Crippen LogP contribution in [0.15, 0.2) is 66.0 Å². The second-order valence-corrected chi connectivity index (χ2v) is 9.29. The van der Waals surface area contributed by atoms with Crippen LogP contribution in [-0.2, 0) is 21.5 Å². The van der Waals surface area contributed by atoms with Gasteiger partial charge in [0, 0.05) is 4.88 Å². The van der Waals surface area contributed by atoms with Crippen molar-refractivity contribution in [1.29, 1.82) is 0 Å². The van der Waals surface area contributed by atoms with Crippen molar-refractivity contribution < 1.29 is 14.4 Å². The Kier molecular flexibility index (Phi) is 5.06. The van der Waals surface area contributed by atoms with Gasteiger partial charge in [-0.1, -0.05) is 60.2 Å². The van der Waals surface area contributed by atoms with Gasteiger partial charge in [-0.15, -0.1) is 11.3 Å². The van der Waals surface area contributed by atoms with Crippen LogP contribution in [0.25, 0.3) is 0 Å². The fraction of sp³-hybridized carbons (Fsp3) is 0.240. The van der Waals surface area contributed by atoms with Gasteiger partial charge in [0.2, 0.25) is 5.91 Å². The highest BCUT2D eigenvalue weighted by atomic mass is 32.1. The molecule has 1 aliphatic heterocycles. The van der Waals surface area contributed by atoms with E-state index in [1.54, 1.807) is 11.3 Å². The average molecular weight is 446 g/mol. The molecular formula is C25H23N3O3S. The number of imide groups is 1. The summed E-state index contributed by atoms with van der Waals surface area (Å²) in [5.41, 5.74) is 2.91. The molecule has 2 aliphatic rings. The molecule has 0 unspecified atom stereocenters. The molecule has 2 heterocycles. The minimum Gasteiger partial charge on any atom is -0.343 e. The lowest BCUT2D eigenvalue weighted by atomic mass is 9.92. The number of carbonyl (C=O) groups is 3. The fourth-order valence-electron chi connectivity index (χ4n) is 4.62. The van der Waals surface area contributed by atoms with Crippen LogP contribution in [0, 0.1) is 6.92 Å². The predicted octanol–water partition coefficient (Wildman–Crippen LogP) is 3.66. The highest BCUT2D eigenvalue weighted by molar-refractivity contribution is 7.10. The monoisotopic (exact) mass is 445 g/mol. The van der Waals surface area contributed by atoms with Gasteiger partial charge >= 0.3 is 6.03 Å². The molecular weight excluding hydrogens is 422 g/mol. The fourth-order valence-corrected chi connectivity index (χ4v) is 5.42. The molecule has 162 valence electrons. The Bertz CT molecular complexity index is 1190. The standard InChI is InChI=1S/C25H23N3O3S/c1-16-8-10-18(11-9-16)22(20-7-4-14-32-20)26-21(29)15-28-23(30)25(27-24(28)31)13-12-17-5-2-3-6-19(17)25/h2-11,14,22H,12-13,15H2,1H3,(H,26,29)(H,27,31)/t22-,25-/m0/s1. The minimum atomic E-state index is -1.06. The molecule has 4 amide bonds. The van der Waals surface area contributed by atoms with Gasteiger partial charge < -0.3 is 10.6 Å². The lowest BCUT2D eigenvalue weighted by Gasteiger charge is -2.23. The van der Waals surface area contributed by atoms with E-state index < -0.39 is 11.6 Å². The Morgan fingerprint density at radius 2 is 1.91 bits per heavy atom. The molecule has 2 aromatic carbocycles. The summed E-state index contributed by atoms with van der Waals surface area (Å²) in [6.45, 7) is 1.69. The zero-order valence-corrected chi connectivity index (χ0v) is 18.4. The first kappa shape index (κ1) is 20.5. The number of aryl methyl sites for hydroxylation is 2. The molecule has 32 heavy (non-hydrogen) atoms. The number of thiophene rings is 1. The summed E-state index contributed by atoms with van der Waals surface area (Å²) in [5.74, 6) is -0.735. The zero-order valence-electron chi connectivity index (χ0n) is 17.6. The second kappa shape index (κ2) is 7.91. The smallest absolute Gasteiger partial charge is 0.325 e. The van der Waals surface area contributed by atoms with Crippen LogP contribution >= 0.6 is 11.3 Å². The Morgan fingerprint density at radius 1 is 1.12 bits per heavy atom. The molecule has 1 spiro atoms. The maximum absolute atomic E-state index is 13.3. The van der Waals surface area contributed by atoms with Crippen LogP contribution in [0.4, 0.5) is 4.79 Å². The molecule has 6 nitrogen and oxygen atoms in total. The van der Waals surface area contributed by atoms with Gasteiger partial charge in [0.25, 0.3) is 5.91 Å². The van der Waals surface area contributed by atoms with Crippen molar-refractivity contribution in [2.24, 2.45) is 0 Å². The van der Waals surface area contributed by atoms with Crippen LogP contribution in [0.1, 0.15) is 39.6 Å².